The second kappa shape index (κ2) is 7.41. The van der Waals surface area contributed by atoms with Gasteiger partial charge < -0.3 is 14.8 Å². The number of nitrogens with one attached hydrogen (secondary N) is 1. The molecule has 1 atom stereocenters. The molecule has 1 N–H and O–H groups in total. The molecule has 21 heavy (non-hydrogen) atoms. The van der Waals surface area contributed by atoms with Crippen LogP contribution in [0, 0.1) is 0 Å². The lowest BCUT2D eigenvalue weighted by Crippen LogP contribution is -2.46. The largest absolute Gasteiger partial charge is 0.493 e. The number of methoxy groups -OCH3 is 2. The molecule has 1 aliphatic carbocycles. The summed E-state index contributed by atoms with van der Waals surface area (Å²) in [5.74, 6) is 1.60. The van der Waals surface area contributed by atoms with Gasteiger partial charge in [0.05, 0.1) is 14.2 Å². The Morgan fingerprint density at radius 3 is 2.48 bits per heavy atom. The Morgan fingerprint density at radius 2 is 1.95 bits per heavy atom. The fraction of sp³-hybridized carbons (Fsp3) is 0.647. The molecule has 1 fully saturated rings. The van der Waals surface area contributed by atoms with Gasteiger partial charge in [0, 0.05) is 17.3 Å². The standard InChI is InChI=1S/C17H27NO2S/c1-13(18-12-17(21-4)8-5-9-17)10-14-6-7-15(19-2)16(11-14)20-3/h6-7,11,13,18H,5,8-10,12H2,1-4H3. The predicted octanol–water partition coefficient (Wildman–Crippen LogP) is 3.51. The van der Waals surface area contributed by atoms with Crippen LogP contribution in [0.4, 0.5) is 0 Å². The molecule has 0 aliphatic heterocycles. The molecule has 0 aromatic heterocycles. The Morgan fingerprint density at radius 1 is 1.24 bits per heavy atom. The van der Waals surface area contributed by atoms with Gasteiger partial charge in [0.15, 0.2) is 11.5 Å². The van der Waals surface area contributed by atoms with Crippen molar-refractivity contribution in [3.63, 3.8) is 0 Å². The van der Waals surface area contributed by atoms with Crippen LogP contribution in [-0.2, 0) is 6.42 Å². The lowest BCUT2D eigenvalue weighted by atomic mass is 9.84. The molecule has 2 rings (SSSR count). The second-order valence-corrected chi connectivity index (χ2v) is 7.19. The summed E-state index contributed by atoms with van der Waals surface area (Å²) >= 11 is 2.02. The normalized spacial score (nSPS) is 17.9. The summed E-state index contributed by atoms with van der Waals surface area (Å²) in [6, 6.07) is 6.64. The molecule has 0 amide bonds. The lowest BCUT2D eigenvalue weighted by Gasteiger charge is -2.41. The van der Waals surface area contributed by atoms with E-state index in [2.05, 4.69) is 30.6 Å². The van der Waals surface area contributed by atoms with Gasteiger partial charge in [-0.15, -0.1) is 0 Å². The van der Waals surface area contributed by atoms with E-state index >= 15 is 0 Å². The van der Waals surface area contributed by atoms with E-state index in [0.717, 1.165) is 24.5 Å². The van der Waals surface area contributed by atoms with Gasteiger partial charge in [0.25, 0.3) is 0 Å². The van der Waals surface area contributed by atoms with Gasteiger partial charge in [0.2, 0.25) is 0 Å². The number of rotatable bonds is 8. The van der Waals surface area contributed by atoms with E-state index in [1.807, 2.05) is 17.8 Å². The maximum Gasteiger partial charge on any atom is 0.160 e. The number of ether oxygens (including phenoxy) is 2. The van der Waals surface area contributed by atoms with Gasteiger partial charge in [-0.3, -0.25) is 0 Å². The number of benzene rings is 1. The van der Waals surface area contributed by atoms with Crippen molar-refractivity contribution >= 4 is 11.8 Å². The molecule has 0 saturated heterocycles. The first-order chi connectivity index (χ1) is 10.1. The van der Waals surface area contributed by atoms with Crippen molar-refractivity contribution in [1.29, 1.82) is 0 Å². The molecule has 1 saturated carbocycles. The third-order valence-electron chi connectivity index (χ3n) is 4.46. The highest BCUT2D eigenvalue weighted by molar-refractivity contribution is 8.00. The minimum Gasteiger partial charge on any atom is -0.493 e. The Balaban J connectivity index is 1.88. The molecule has 0 spiro atoms. The van der Waals surface area contributed by atoms with Crippen molar-refractivity contribution in [1.82, 2.24) is 5.32 Å². The van der Waals surface area contributed by atoms with Crippen LogP contribution in [0.5, 0.6) is 11.5 Å². The SMILES string of the molecule is COc1ccc(CC(C)NCC2(SC)CCC2)cc1OC. The van der Waals surface area contributed by atoms with Crippen LogP contribution in [-0.4, -0.2) is 37.8 Å². The molecular formula is C17H27NO2S. The van der Waals surface area contributed by atoms with Crippen molar-refractivity contribution in [2.24, 2.45) is 0 Å². The lowest BCUT2D eigenvalue weighted by molar-refractivity contribution is 0.332. The van der Waals surface area contributed by atoms with E-state index < -0.39 is 0 Å². The fourth-order valence-corrected chi connectivity index (χ4v) is 3.74. The summed E-state index contributed by atoms with van der Waals surface area (Å²) in [5.41, 5.74) is 1.28. The first-order valence-corrected chi connectivity index (χ1v) is 8.84. The summed E-state index contributed by atoms with van der Waals surface area (Å²) in [7, 11) is 3.35. The highest BCUT2D eigenvalue weighted by Gasteiger charge is 2.35. The summed E-state index contributed by atoms with van der Waals surface area (Å²) in [5, 5.41) is 3.70. The van der Waals surface area contributed by atoms with Gasteiger partial charge in [-0.2, -0.15) is 11.8 Å². The van der Waals surface area contributed by atoms with E-state index in [-0.39, 0.29) is 0 Å². The maximum absolute atomic E-state index is 5.37. The van der Waals surface area contributed by atoms with Crippen molar-refractivity contribution in [3.8, 4) is 11.5 Å². The molecule has 1 aliphatic rings. The van der Waals surface area contributed by atoms with Crippen LogP contribution in [0.2, 0.25) is 0 Å². The fourth-order valence-electron chi connectivity index (χ4n) is 2.82. The summed E-state index contributed by atoms with van der Waals surface area (Å²) < 4.78 is 11.1. The predicted molar refractivity (Wildman–Crippen MR) is 90.8 cm³/mol. The Labute approximate surface area is 132 Å². The quantitative estimate of drug-likeness (QED) is 0.796. The van der Waals surface area contributed by atoms with Gasteiger partial charge in [0.1, 0.15) is 0 Å². The highest BCUT2D eigenvalue weighted by atomic mass is 32.2. The molecular weight excluding hydrogens is 282 g/mol. The topological polar surface area (TPSA) is 30.5 Å². The minimum absolute atomic E-state index is 0.465. The summed E-state index contributed by atoms with van der Waals surface area (Å²) in [4.78, 5) is 0. The van der Waals surface area contributed by atoms with E-state index in [4.69, 9.17) is 9.47 Å². The average Bonchev–Trinajstić information content (AvgIpc) is 2.46. The zero-order valence-electron chi connectivity index (χ0n) is 13.6. The summed E-state index contributed by atoms with van der Waals surface area (Å²) in [6.07, 6.45) is 7.33. The average molecular weight is 309 g/mol. The smallest absolute Gasteiger partial charge is 0.160 e. The monoisotopic (exact) mass is 309 g/mol. The van der Waals surface area contributed by atoms with E-state index in [0.29, 0.717) is 10.8 Å². The highest BCUT2D eigenvalue weighted by Crippen LogP contribution is 2.42. The van der Waals surface area contributed by atoms with Crippen LogP contribution in [0.1, 0.15) is 31.7 Å². The molecule has 3 nitrogen and oxygen atoms in total. The molecule has 1 aromatic carbocycles. The Hall–Kier alpha value is -0.870. The molecule has 0 radical (unpaired) electrons. The van der Waals surface area contributed by atoms with Gasteiger partial charge in [-0.05, 0) is 50.1 Å². The minimum atomic E-state index is 0.465. The van der Waals surface area contributed by atoms with Crippen molar-refractivity contribution in [2.75, 3.05) is 27.0 Å². The van der Waals surface area contributed by atoms with E-state index in [1.165, 1.54) is 24.8 Å². The second-order valence-electron chi connectivity index (χ2n) is 5.92. The van der Waals surface area contributed by atoms with E-state index in [9.17, 15) is 0 Å². The number of thioether (sulfide) groups is 1. The first-order valence-electron chi connectivity index (χ1n) is 7.62. The molecule has 0 bridgehead atoms. The zero-order chi connectivity index (χ0) is 15.3. The summed E-state index contributed by atoms with van der Waals surface area (Å²) in [6.45, 7) is 3.37. The van der Waals surface area contributed by atoms with Crippen molar-refractivity contribution in [2.45, 2.75) is 43.4 Å². The van der Waals surface area contributed by atoms with Crippen molar-refractivity contribution < 1.29 is 9.47 Å². The molecule has 118 valence electrons. The molecule has 1 unspecified atom stereocenters. The van der Waals surface area contributed by atoms with Crippen LogP contribution < -0.4 is 14.8 Å². The Kier molecular flexibility index (Phi) is 5.82. The van der Waals surface area contributed by atoms with Gasteiger partial charge in [-0.1, -0.05) is 12.5 Å². The maximum atomic E-state index is 5.37. The zero-order valence-corrected chi connectivity index (χ0v) is 14.4. The Bertz CT molecular complexity index is 455. The van der Waals surface area contributed by atoms with Crippen LogP contribution in [0.15, 0.2) is 18.2 Å². The van der Waals surface area contributed by atoms with Gasteiger partial charge >= 0.3 is 0 Å². The van der Waals surface area contributed by atoms with Crippen LogP contribution in [0.25, 0.3) is 0 Å². The van der Waals surface area contributed by atoms with Gasteiger partial charge in [-0.25, -0.2) is 0 Å². The number of hydrogen-bond acceptors (Lipinski definition) is 4. The number of hydrogen-bond donors (Lipinski definition) is 1. The van der Waals surface area contributed by atoms with Crippen LogP contribution >= 0.6 is 11.8 Å². The van der Waals surface area contributed by atoms with Crippen LogP contribution in [0.3, 0.4) is 0 Å². The van der Waals surface area contributed by atoms with E-state index in [1.54, 1.807) is 14.2 Å². The van der Waals surface area contributed by atoms with Crippen molar-refractivity contribution in [3.05, 3.63) is 23.8 Å². The molecule has 4 heteroatoms. The third-order valence-corrected chi connectivity index (χ3v) is 5.88. The molecule has 0 heterocycles. The molecule has 1 aromatic rings. The first kappa shape index (κ1) is 16.5. The third kappa shape index (κ3) is 4.07.